The van der Waals surface area contributed by atoms with Gasteiger partial charge in [0.25, 0.3) is 5.91 Å². The van der Waals surface area contributed by atoms with Gasteiger partial charge in [0, 0.05) is 31.7 Å². The first kappa shape index (κ1) is 16.5. The summed E-state index contributed by atoms with van der Waals surface area (Å²) in [7, 11) is 1.45. The van der Waals surface area contributed by atoms with E-state index in [1.54, 1.807) is 4.90 Å². The van der Waals surface area contributed by atoms with Crippen LogP contribution in [0.15, 0.2) is 24.3 Å². The number of nitrogens with zero attached hydrogens (tertiary/aromatic N) is 3. The van der Waals surface area contributed by atoms with Crippen molar-refractivity contribution < 1.29 is 14.3 Å². The van der Waals surface area contributed by atoms with Crippen LogP contribution in [0.1, 0.15) is 22.9 Å². The monoisotopic (exact) mass is 346 g/mol. The first-order valence-electron chi connectivity index (χ1n) is 7.56. The molecule has 0 saturated carbocycles. The van der Waals surface area contributed by atoms with Gasteiger partial charge in [-0.25, -0.2) is 0 Å². The molecule has 3 rings (SSSR count). The molecule has 0 radical (unpaired) electrons. The van der Waals surface area contributed by atoms with E-state index in [4.69, 9.17) is 4.74 Å². The smallest absolute Gasteiger partial charge is 0.252 e. The molecule has 2 aromatic rings. The van der Waals surface area contributed by atoms with Gasteiger partial charge in [-0.05, 0) is 19.1 Å². The zero-order valence-corrected chi connectivity index (χ0v) is 14.3. The van der Waals surface area contributed by atoms with E-state index in [0.29, 0.717) is 18.1 Å². The molecule has 1 saturated heterocycles. The van der Waals surface area contributed by atoms with Gasteiger partial charge in [0.15, 0.2) is 0 Å². The molecule has 1 fully saturated rings. The zero-order valence-electron chi connectivity index (χ0n) is 13.5. The number of nitrogens with one attached hydrogen (secondary N) is 1. The molecule has 1 aliphatic rings. The van der Waals surface area contributed by atoms with Crippen LogP contribution in [0.5, 0.6) is 0 Å². The molecule has 1 atom stereocenters. The Balaban J connectivity index is 1.68. The van der Waals surface area contributed by atoms with Crippen molar-refractivity contribution in [2.75, 3.05) is 30.5 Å². The Morgan fingerprint density at radius 1 is 1.38 bits per heavy atom. The Bertz CT molecular complexity index is 744. The highest BCUT2D eigenvalue weighted by Gasteiger charge is 2.33. The molecule has 2 amide bonds. The lowest BCUT2D eigenvalue weighted by molar-refractivity contribution is -0.119. The zero-order chi connectivity index (χ0) is 17.1. The number of rotatable bonds is 5. The van der Waals surface area contributed by atoms with Crippen molar-refractivity contribution in [1.29, 1.82) is 0 Å². The van der Waals surface area contributed by atoms with E-state index in [1.807, 2.05) is 31.2 Å². The summed E-state index contributed by atoms with van der Waals surface area (Å²) >= 11 is 1.30. The average molecular weight is 346 g/mol. The first-order chi connectivity index (χ1) is 11.6. The van der Waals surface area contributed by atoms with Gasteiger partial charge in [-0.3, -0.25) is 14.9 Å². The maximum Gasteiger partial charge on any atom is 0.252 e. The Morgan fingerprint density at radius 3 is 2.83 bits per heavy atom. The molecule has 1 N–H and O–H groups in total. The number of methoxy groups -OCH3 is 1. The molecule has 0 bridgehead atoms. The highest BCUT2D eigenvalue weighted by atomic mass is 32.1. The van der Waals surface area contributed by atoms with Crippen LogP contribution in [0.2, 0.25) is 0 Å². The summed E-state index contributed by atoms with van der Waals surface area (Å²) in [4.78, 5) is 25.6. The average Bonchev–Trinajstić information content (AvgIpc) is 3.15. The SMILES string of the molecule is COCC(=O)Nc1nnc(C2CC(=O)N(c3ccc(C)cc3)C2)s1. The van der Waals surface area contributed by atoms with Crippen LogP contribution in [0.3, 0.4) is 0 Å². The van der Waals surface area contributed by atoms with Gasteiger partial charge in [0.05, 0.1) is 0 Å². The molecule has 2 heterocycles. The van der Waals surface area contributed by atoms with Crippen molar-refractivity contribution >= 4 is 34.0 Å². The summed E-state index contributed by atoms with van der Waals surface area (Å²) < 4.78 is 4.76. The summed E-state index contributed by atoms with van der Waals surface area (Å²) in [6, 6.07) is 7.88. The van der Waals surface area contributed by atoms with Gasteiger partial charge in [-0.15, -0.1) is 10.2 Å². The van der Waals surface area contributed by atoms with Crippen LogP contribution < -0.4 is 10.2 Å². The van der Waals surface area contributed by atoms with Gasteiger partial charge < -0.3 is 9.64 Å². The summed E-state index contributed by atoms with van der Waals surface area (Å²) in [5, 5.41) is 11.9. The number of carbonyl (C=O) groups excluding carboxylic acids is 2. The molecule has 7 nitrogen and oxygen atoms in total. The Hall–Kier alpha value is -2.32. The number of hydrogen-bond donors (Lipinski definition) is 1. The predicted octanol–water partition coefficient (Wildman–Crippen LogP) is 1.95. The number of hydrogen-bond acceptors (Lipinski definition) is 6. The van der Waals surface area contributed by atoms with Crippen LogP contribution >= 0.6 is 11.3 Å². The van der Waals surface area contributed by atoms with Crippen molar-refractivity contribution in [2.24, 2.45) is 0 Å². The summed E-state index contributed by atoms with van der Waals surface area (Å²) in [6.07, 6.45) is 0.397. The van der Waals surface area contributed by atoms with Crippen molar-refractivity contribution in [3.63, 3.8) is 0 Å². The maximum absolute atomic E-state index is 12.3. The van der Waals surface area contributed by atoms with E-state index in [1.165, 1.54) is 18.4 Å². The lowest BCUT2D eigenvalue weighted by atomic mass is 10.1. The van der Waals surface area contributed by atoms with E-state index < -0.39 is 0 Å². The van der Waals surface area contributed by atoms with E-state index in [9.17, 15) is 9.59 Å². The second-order valence-electron chi connectivity index (χ2n) is 5.67. The highest BCUT2D eigenvalue weighted by Crippen LogP contribution is 2.34. The fourth-order valence-corrected chi connectivity index (χ4v) is 3.43. The largest absolute Gasteiger partial charge is 0.375 e. The van der Waals surface area contributed by atoms with Crippen LogP contribution in [0, 0.1) is 6.92 Å². The maximum atomic E-state index is 12.3. The Kier molecular flexibility index (Phi) is 4.86. The van der Waals surface area contributed by atoms with E-state index in [2.05, 4.69) is 15.5 Å². The van der Waals surface area contributed by atoms with E-state index in [-0.39, 0.29) is 24.3 Å². The molecule has 1 aromatic heterocycles. The third kappa shape index (κ3) is 3.60. The molecule has 8 heteroatoms. The van der Waals surface area contributed by atoms with Crippen molar-refractivity contribution in [1.82, 2.24) is 10.2 Å². The molecule has 24 heavy (non-hydrogen) atoms. The Morgan fingerprint density at radius 2 is 2.12 bits per heavy atom. The quantitative estimate of drug-likeness (QED) is 0.894. The minimum atomic E-state index is -0.274. The minimum Gasteiger partial charge on any atom is -0.375 e. The van der Waals surface area contributed by atoms with Gasteiger partial charge in [0.2, 0.25) is 11.0 Å². The standard InChI is InChI=1S/C16H18N4O3S/c1-10-3-5-12(6-4-10)20-8-11(7-14(20)22)15-18-19-16(24-15)17-13(21)9-23-2/h3-6,11H,7-9H2,1-2H3,(H,17,19,21). The number of aromatic nitrogens is 2. The van der Waals surface area contributed by atoms with Gasteiger partial charge in [-0.1, -0.05) is 29.0 Å². The fraction of sp³-hybridized carbons (Fsp3) is 0.375. The molecule has 1 aliphatic heterocycles. The molecule has 1 aromatic carbocycles. The Labute approximate surface area is 143 Å². The summed E-state index contributed by atoms with van der Waals surface area (Å²) in [6.45, 7) is 2.56. The van der Waals surface area contributed by atoms with Crippen LogP contribution in [-0.2, 0) is 14.3 Å². The number of amides is 2. The van der Waals surface area contributed by atoms with E-state index >= 15 is 0 Å². The van der Waals surface area contributed by atoms with Crippen molar-refractivity contribution in [3.05, 3.63) is 34.8 Å². The number of anilines is 2. The lowest BCUT2D eigenvalue weighted by Gasteiger charge is -2.16. The minimum absolute atomic E-state index is 0.00983. The van der Waals surface area contributed by atoms with Crippen molar-refractivity contribution in [3.8, 4) is 0 Å². The highest BCUT2D eigenvalue weighted by molar-refractivity contribution is 7.15. The van der Waals surface area contributed by atoms with Crippen LogP contribution in [-0.4, -0.2) is 42.3 Å². The molecule has 1 unspecified atom stereocenters. The van der Waals surface area contributed by atoms with Crippen LogP contribution in [0.4, 0.5) is 10.8 Å². The van der Waals surface area contributed by atoms with E-state index in [0.717, 1.165) is 16.3 Å². The molecule has 126 valence electrons. The second kappa shape index (κ2) is 7.06. The van der Waals surface area contributed by atoms with Gasteiger partial charge >= 0.3 is 0 Å². The number of benzene rings is 1. The summed E-state index contributed by atoms with van der Waals surface area (Å²) in [5.74, 6) is -0.211. The second-order valence-corrected chi connectivity index (χ2v) is 6.68. The van der Waals surface area contributed by atoms with Crippen LogP contribution in [0.25, 0.3) is 0 Å². The number of aryl methyl sites for hydroxylation is 1. The summed E-state index contributed by atoms with van der Waals surface area (Å²) in [5.41, 5.74) is 2.05. The normalized spacial score (nSPS) is 17.3. The molecule has 0 aliphatic carbocycles. The number of carbonyl (C=O) groups is 2. The molecule has 0 spiro atoms. The van der Waals surface area contributed by atoms with Gasteiger partial charge in [0.1, 0.15) is 11.6 Å². The van der Waals surface area contributed by atoms with Gasteiger partial charge in [-0.2, -0.15) is 0 Å². The predicted molar refractivity (Wildman–Crippen MR) is 91.3 cm³/mol. The third-order valence-electron chi connectivity index (χ3n) is 3.78. The lowest BCUT2D eigenvalue weighted by Crippen LogP contribution is -2.24. The number of ether oxygens (including phenoxy) is 1. The third-order valence-corrected chi connectivity index (χ3v) is 4.78. The molecular formula is C16H18N4O3S. The first-order valence-corrected chi connectivity index (χ1v) is 8.37. The van der Waals surface area contributed by atoms with Crippen molar-refractivity contribution in [2.45, 2.75) is 19.3 Å². The topological polar surface area (TPSA) is 84.4 Å². The molecular weight excluding hydrogens is 328 g/mol. The fourth-order valence-electron chi connectivity index (χ4n) is 2.58.